The summed E-state index contributed by atoms with van der Waals surface area (Å²) in [5.41, 5.74) is 2.66. The molecule has 1 aromatic carbocycles. The topological polar surface area (TPSA) is 105 Å². The van der Waals surface area contributed by atoms with Crippen LogP contribution in [0.25, 0.3) is 20.8 Å². The first kappa shape index (κ1) is 26.5. The molecule has 1 aliphatic carbocycles. The molecule has 0 aliphatic heterocycles. The highest BCUT2D eigenvalue weighted by Crippen LogP contribution is 2.40. The Hall–Kier alpha value is -4.09. The monoisotopic (exact) mass is 550 g/mol. The third-order valence-electron chi connectivity index (χ3n) is 6.33. The van der Waals surface area contributed by atoms with Crippen molar-refractivity contribution in [2.75, 3.05) is 25.2 Å². The number of amides is 2. The summed E-state index contributed by atoms with van der Waals surface area (Å²) in [6, 6.07) is 11.9. The predicted octanol–water partition coefficient (Wildman–Crippen LogP) is 5.93. The zero-order valence-corrected chi connectivity index (χ0v) is 22.3. The van der Waals surface area contributed by atoms with E-state index in [1.165, 1.54) is 42.4 Å². The first-order valence-electron chi connectivity index (χ1n) is 12.4. The minimum atomic E-state index is -1.02. The fourth-order valence-electron chi connectivity index (χ4n) is 4.27. The number of fused-ring (bicyclic) bond motifs is 1. The van der Waals surface area contributed by atoms with Crippen molar-refractivity contribution in [2.45, 2.75) is 32.4 Å². The lowest BCUT2D eigenvalue weighted by atomic mass is 10.2. The van der Waals surface area contributed by atoms with Crippen LogP contribution in [0.15, 0.2) is 54.9 Å². The second-order valence-corrected chi connectivity index (χ2v) is 10.3. The molecule has 202 valence electrons. The first-order valence-corrected chi connectivity index (χ1v) is 13.2. The van der Waals surface area contributed by atoms with Gasteiger partial charge in [0.1, 0.15) is 5.75 Å². The Morgan fingerprint density at radius 2 is 1.95 bits per heavy atom. The van der Waals surface area contributed by atoms with Crippen molar-refractivity contribution in [1.29, 1.82) is 0 Å². The highest BCUT2D eigenvalue weighted by atomic mass is 32.1. The van der Waals surface area contributed by atoms with Crippen LogP contribution >= 0.6 is 11.3 Å². The molecule has 0 saturated heterocycles. The van der Waals surface area contributed by atoms with E-state index in [9.17, 15) is 14.7 Å². The molecule has 1 fully saturated rings. The molecule has 1 saturated carbocycles. The number of carboxylic acid groups (broad SMARTS) is 1. The fraction of sp³-hybridized carbons (Fsp3) is 0.286. The van der Waals surface area contributed by atoms with E-state index in [4.69, 9.17) is 9.47 Å². The Balaban J connectivity index is 1.35. The number of nitrogens with zero attached hydrogens (tertiary/aromatic N) is 4. The molecular formula is C28H27FN4O5S. The van der Waals surface area contributed by atoms with E-state index < -0.39 is 11.9 Å². The summed E-state index contributed by atoms with van der Waals surface area (Å²) in [4.78, 5) is 36.2. The Kier molecular flexibility index (Phi) is 7.71. The van der Waals surface area contributed by atoms with Crippen LogP contribution in [0.1, 0.15) is 25.3 Å². The van der Waals surface area contributed by atoms with E-state index in [1.54, 1.807) is 29.4 Å². The summed E-state index contributed by atoms with van der Waals surface area (Å²) in [6.07, 6.45) is 4.06. The Morgan fingerprint density at radius 3 is 2.59 bits per heavy atom. The van der Waals surface area contributed by atoms with E-state index in [1.807, 2.05) is 18.2 Å². The molecule has 1 aliphatic rings. The van der Waals surface area contributed by atoms with Gasteiger partial charge in [0.2, 0.25) is 5.91 Å². The number of rotatable bonds is 10. The zero-order chi connectivity index (χ0) is 27.5. The van der Waals surface area contributed by atoms with Crippen LogP contribution in [0.5, 0.6) is 11.5 Å². The average molecular weight is 551 g/mol. The molecule has 9 nitrogen and oxygen atoms in total. The zero-order valence-electron chi connectivity index (χ0n) is 21.5. The quantitative estimate of drug-likeness (QED) is 0.261. The Morgan fingerprint density at radius 1 is 1.13 bits per heavy atom. The number of benzene rings is 1. The summed E-state index contributed by atoms with van der Waals surface area (Å²) in [6.45, 7) is 2.26. The molecule has 0 radical (unpaired) electrons. The summed E-state index contributed by atoms with van der Waals surface area (Å²) >= 11 is 1.42. The number of carbonyl (C=O) groups excluding carboxylic acids is 1. The van der Waals surface area contributed by atoms with E-state index >= 15 is 4.39 Å². The van der Waals surface area contributed by atoms with Crippen LogP contribution in [-0.4, -0.2) is 58.3 Å². The van der Waals surface area contributed by atoms with Crippen LogP contribution in [-0.2, 0) is 16.1 Å². The number of pyridine rings is 2. The van der Waals surface area contributed by atoms with Crippen LogP contribution in [0.2, 0.25) is 0 Å². The van der Waals surface area contributed by atoms with Crippen molar-refractivity contribution in [3.8, 4) is 22.1 Å². The van der Waals surface area contributed by atoms with Gasteiger partial charge in [-0.05, 0) is 42.7 Å². The van der Waals surface area contributed by atoms with Crippen molar-refractivity contribution in [2.24, 2.45) is 0 Å². The predicted molar refractivity (Wildman–Crippen MR) is 146 cm³/mol. The number of methoxy groups -OCH3 is 1. The van der Waals surface area contributed by atoms with Gasteiger partial charge in [-0.1, -0.05) is 6.07 Å². The number of hydrogen-bond acceptors (Lipinski definition) is 7. The van der Waals surface area contributed by atoms with Gasteiger partial charge in [-0.3, -0.25) is 14.8 Å². The molecule has 3 aromatic heterocycles. The van der Waals surface area contributed by atoms with E-state index in [0.29, 0.717) is 29.3 Å². The summed E-state index contributed by atoms with van der Waals surface area (Å²) in [5, 5.41) is 9.40. The second-order valence-electron chi connectivity index (χ2n) is 9.22. The van der Waals surface area contributed by atoms with Crippen molar-refractivity contribution < 1.29 is 28.6 Å². The molecule has 0 unspecified atom stereocenters. The molecule has 0 bridgehead atoms. The number of thiophene rings is 1. The summed E-state index contributed by atoms with van der Waals surface area (Å²) in [7, 11) is 1.53. The third-order valence-corrected chi connectivity index (χ3v) is 7.49. The lowest BCUT2D eigenvalue weighted by molar-refractivity contribution is -0.116. The molecule has 11 heteroatoms. The van der Waals surface area contributed by atoms with Gasteiger partial charge in [0.15, 0.2) is 11.6 Å². The number of hydrogen-bond donors (Lipinski definition) is 1. The highest BCUT2D eigenvalue weighted by molar-refractivity contribution is 7.22. The minimum Gasteiger partial charge on any atom is -0.465 e. The summed E-state index contributed by atoms with van der Waals surface area (Å²) in [5.74, 6) is -0.154. The standard InChI is InChI=1S/C28H27FN4O5S/c1-17(34)33(19-4-5-19)20-6-8-24(21(29)13-20)38-25-9-10-30-23-14-26(39-27(23)25)22-7-3-18(15-31-22)16-32(28(35)36)11-12-37-2/h3,6-10,13-15,19H,4-5,11-12,16H2,1-2H3,(H,35,36). The molecule has 39 heavy (non-hydrogen) atoms. The molecule has 1 N–H and O–H groups in total. The first-order chi connectivity index (χ1) is 18.8. The Bertz CT molecular complexity index is 1510. The van der Waals surface area contributed by atoms with Gasteiger partial charge < -0.3 is 24.4 Å². The number of anilines is 1. The van der Waals surface area contributed by atoms with Crippen molar-refractivity contribution in [3.05, 3.63) is 66.2 Å². The van der Waals surface area contributed by atoms with Gasteiger partial charge in [0, 0.05) is 56.8 Å². The highest BCUT2D eigenvalue weighted by Gasteiger charge is 2.32. The minimum absolute atomic E-state index is 0.0550. The van der Waals surface area contributed by atoms with Gasteiger partial charge in [0.25, 0.3) is 0 Å². The third kappa shape index (κ3) is 5.99. The Labute approximate surface area is 228 Å². The van der Waals surface area contributed by atoms with E-state index in [0.717, 1.165) is 28.0 Å². The molecule has 0 atom stereocenters. The molecule has 0 spiro atoms. The van der Waals surface area contributed by atoms with Crippen LogP contribution < -0.4 is 9.64 Å². The SMILES string of the molecule is COCCN(Cc1ccc(-c2cc3nccc(Oc4ccc(N(C(C)=O)C5CC5)cc4F)c3s2)nc1)C(=O)O. The summed E-state index contributed by atoms with van der Waals surface area (Å²) < 4.78 is 26.7. The largest absolute Gasteiger partial charge is 0.465 e. The maximum atomic E-state index is 15.0. The number of carbonyl (C=O) groups is 2. The smallest absolute Gasteiger partial charge is 0.407 e. The van der Waals surface area contributed by atoms with Crippen molar-refractivity contribution in [3.63, 3.8) is 0 Å². The maximum absolute atomic E-state index is 15.0. The number of ether oxygens (including phenoxy) is 2. The molecule has 5 rings (SSSR count). The normalized spacial score (nSPS) is 12.9. The lowest BCUT2D eigenvalue weighted by Gasteiger charge is -2.21. The van der Waals surface area contributed by atoms with Crippen LogP contribution in [0.3, 0.4) is 0 Å². The van der Waals surface area contributed by atoms with Gasteiger partial charge in [-0.2, -0.15) is 0 Å². The van der Waals surface area contributed by atoms with Crippen LogP contribution in [0, 0.1) is 5.82 Å². The lowest BCUT2D eigenvalue weighted by Crippen LogP contribution is -2.32. The van der Waals surface area contributed by atoms with Gasteiger partial charge in [-0.15, -0.1) is 11.3 Å². The average Bonchev–Trinajstić information content (AvgIpc) is 3.64. The van der Waals surface area contributed by atoms with Crippen molar-refractivity contribution >= 4 is 39.2 Å². The molecule has 2 amide bonds. The molecular weight excluding hydrogens is 523 g/mol. The number of halogens is 1. The second kappa shape index (κ2) is 11.3. The van der Waals surface area contributed by atoms with Gasteiger partial charge in [-0.25, -0.2) is 9.18 Å². The fourth-order valence-corrected chi connectivity index (χ4v) is 5.31. The van der Waals surface area contributed by atoms with E-state index in [2.05, 4.69) is 9.97 Å². The van der Waals surface area contributed by atoms with Gasteiger partial charge >= 0.3 is 6.09 Å². The van der Waals surface area contributed by atoms with Crippen LogP contribution in [0.4, 0.5) is 14.9 Å². The van der Waals surface area contributed by atoms with Crippen molar-refractivity contribution in [1.82, 2.24) is 14.9 Å². The maximum Gasteiger partial charge on any atom is 0.407 e. The van der Waals surface area contributed by atoms with Gasteiger partial charge in [0.05, 0.1) is 33.9 Å². The molecule has 3 heterocycles. The van der Waals surface area contributed by atoms with E-state index in [-0.39, 0.29) is 30.8 Å². The number of aromatic nitrogens is 2. The molecule has 4 aromatic rings.